The minimum absolute atomic E-state index is 0.206. The molecule has 2 fully saturated rings. The van der Waals surface area contributed by atoms with Gasteiger partial charge in [0.05, 0.1) is 11.8 Å². The highest BCUT2D eigenvalue weighted by atomic mass is 35.5. The number of anilines is 1. The number of benzene rings is 1. The largest absolute Gasteiger partial charge is 0.388 e. The van der Waals surface area contributed by atoms with Gasteiger partial charge in [0.1, 0.15) is 11.4 Å². The summed E-state index contributed by atoms with van der Waals surface area (Å²) in [6, 6.07) is 7.40. The van der Waals surface area contributed by atoms with Crippen LogP contribution in [0.1, 0.15) is 43.1 Å². The van der Waals surface area contributed by atoms with Crippen molar-refractivity contribution in [2.75, 3.05) is 25.0 Å². The third-order valence-electron chi connectivity index (χ3n) is 5.76. The summed E-state index contributed by atoms with van der Waals surface area (Å²) in [5.41, 5.74) is 0.877. The summed E-state index contributed by atoms with van der Waals surface area (Å²) in [4.78, 5) is 24.0. The SMILES string of the molecule is CN(CC1CC1)c1ncc(C(=O)NC[C@](C)(O)C2CC2)nc1-c1ccc(Cl)cc1. The summed E-state index contributed by atoms with van der Waals surface area (Å²) in [7, 11) is 2.01. The molecule has 7 heteroatoms. The van der Waals surface area contributed by atoms with Crippen LogP contribution < -0.4 is 10.2 Å². The number of hydrogen-bond acceptors (Lipinski definition) is 5. The van der Waals surface area contributed by atoms with Crippen LogP contribution in [-0.2, 0) is 0 Å². The second-order valence-electron chi connectivity index (χ2n) is 8.57. The van der Waals surface area contributed by atoms with Gasteiger partial charge in [0.15, 0.2) is 5.82 Å². The van der Waals surface area contributed by atoms with Crippen LogP contribution in [0.2, 0.25) is 5.02 Å². The molecule has 0 aliphatic heterocycles. The molecule has 4 rings (SSSR count). The van der Waals surface area contributed by atoms with Gasteiger partial charge in [-0.2, -0.15) is 0 Å². The molecular formula is C22H27ClN4O2. The van der Waals surface area contributed by atoms with Gasteiger partial charge in [0, 0.05) is 30.7 Å². The molecule has 6 nitrogen and oxygen atoms in total. The third kappa shape index (κ3) is 4.87. The van der Waals surface area contributed by atoms with Crippen LogP contribution in [-0.4, -0.2) is 46.7 Å². The van der Waals surface area contributed by atoms with Gasteiger partial charge in [0.2, 0.25) is 0 Å². The summed E-state index contributed by atoms with van der Waals surface area (Å²) in [6.45, 7) is 2.90. The molecule has 154 valence electrons. The van der Waals surface area contributed by atoms with E-state index >= 15 is 0 Å². The van der Waals surface area contributed by atoms with Gasteiger partial charge in [0.25, 0.3) is 5.91 Å². The molecule has 1 amide bonds. The van der Waals surface area contributed by atoms with E-state index in [0.717, 1.165) is 30.8 Å². The molecule has 1 aromatic carbocycles. The highest BCUT2D eigenvalue weighted by molar-refractivity contribution is 6.30. The first-order valence-corrected chi connectivity index (χ1v) is 10.6. The van der Waals surface area contributed by atoms with Gasteiger partial charge in [-0.05, 0) is 56.6 Å². The number of halogens is 1. The molecule has 29 heavy (non-hydrogen) atoms. The maximum Gasteiger partial charge on any atom is 0.271 e. The number of carbonyl (C=O) groups excluding carboxylic acids is 1. The number of aliphatic hydroxyl groups is 1. The second kappa shape index (κ2) is 7.92. The fraction of sp³-hybridized carbons (Fsp3) is 0.500. The van der Waals surface area contributed by atoms with Crippen LogP contribution in [0.25, 0.3) is 11.3 Å². The highest BCUT2D eigenvalue weighted by Crippen LogP contribution is 2.39. The molecular weight excluding hydrogens is 388 g/mol. The van der Waals surface area contributed by atoms with Crippen molar-refractivity contribution in [3.8, 4) is 11.3 Å². The van der Waals surface area contributed by atoms with E-state index < -0.39 is 5.60 Å². The summed E-state index contributed by atoms with van der Waals surface area (Å²) >= 11 is 6.04. The Kier molecular flexibility index (Phi) is 5.49. The first kappa shape index (κ1) is 20.1. The second-order valence-corrected chi connectivity index (χ2v) is 9.01. The Morgan fingerprint density at radius 2 is 1.97 bits per heavy atom. The fourth-order valence-electron chi connectivity index (χ4n) is 3.55. The molecule has 0 bridgehead atoms. The van der Waals surface area contributed by atoms with E-state index in [1.807, 2.05) is 31.3 Å². The first-order chi connectivity index (χ1) is 13.8. The van der Waals surface area contributed by atoms with E-state index in [0.29, 0.717) is 16.6 Å². The van der Waals surface area contributed by atoms with Crippen molar-refractivity contribution < 1.29 is 9.90 Å². The van der Waals surface area contributed by atoms with E-state index in [1.165, 1.54) is 19.0 Å². The Labute approximate surface area is 176 Å². The van der Waals surface area contributed by atoms with Crippen molar-refractivity contribution in [2.24, 2.45) is 11.8 Å². The molecule has 2 aliphatic carbocycles. The summed E-state index contributed by atoms with van der Waals surface area (Å²) in [5.74, 6) is 1.38. The lowest BCUT2D eigenvalue weighted by Crippen LogP contribution is -2.42. The van der Waals surface area contributed by atoms with Crippen LogP contribution >= 0.6 is 11.6 Å². The van der Waals surface area contributed by atoms with Crippen molar-refractivity contribution in [2.45, 2.75) is 38.2 Å². The van der Waals surface area contributed by atoms with Gasteiger partial charge in [-0.3, -0.25) is 4.79 Å². The van der Waals surface area contributed by atoms with Crippen molar-refractivity contribution in [1.82, 2.24) is 15.3 Å². The molecule has 0 saturated heterocycles. The van der Waals surface area contributed by atoms with Gasteiger partial charge in [-0.1, -0.05) is 23.7 Å². The zero-order valence-corrected chi connectivity index (χ0v) is 17.6. The number of nitrogens with one attached hydrogen (secondary N) is 1. The van der Waals surface area contributed by atoms with E-state index in [-0.39, 0.29) is 24.1 Å². The molecule has 2 aliphatic rings. The normalized spacial score (nSPS) is 18.2. The molecule has 2 saturated carbocycles. The van der Waals surface area contributed by atoms with E-state index in [1.54, 1.807) is 6.92 Å². The van der Waals surface area contributed by atoms with Crippen molar-refractivity contribution in [3.63, 3.8) is 0 Å². The number of rotatable bonds is 8. The number of hydrogen-bond donors (Lipinski definition) is 2. The number of nitrogens with zero attached hydrogens (tertiary/aromatic N) is 3. The summed E-state index contributed by atoms with van der Waals surface area (Å²) in [6.07, 6.45) is 6.01. The Hall–Kier alpha value is -2.18. The third-order valence-corrected chi connectivity index (χ3v) is 6.01. The van der Waals surface area contributed by atoms with Crippen LogP contribution in [0.3, 0.4) is 0 Å². The van der Waals surface area contributed by atoms with Crippen molar-refractivity contribution in [1.29, 1.82) is 0 Å². The lowest BCUT2D eigenvalue weighted by molar-refractivity contribution is 0.0353. The highest BCUT2D eigenvalue weighted by Gasteiger charge is 2.40. The molecule has 2 N–H and O–H groups in total. The number of aromatic nitrogens is 2. The van der Waals surface area contributed by atoms with Gasteiger partial charge < -0.3 is 15.3 Å². The zero-order valence-electron chi connectivity index (χ0n) is 16.9. The quantitative estimate of drug-likeness (QED) is 0.690. The van der Waals surface area contributed by atoms with Crippen LogP contribution in [0.4, 0.5) is 5.82 Å². The zero-order chi connectivity index (χ0) is 20.6. The standard InChI is InChI=1S/C22H27ClN4O2/c1-22(29,16-7-8-16)13-25-21(28)18-11-24-20(27(2)12-14-3-4-14)19(26-18)15-5-9-17(23)10-6-15/h5-6,9-11,14,16,29H,3-4,7-8,12-13H2,1-2H3,(H,25,28)/t22-/m0/s1. The topological polar surface area (TPSA) is 78.4 Å². The maximum atomic E-state index is 12.7. The average molecular weight is 415 g/mol. The van der Waals surface area contributed by atoms with Gasteiger partial charge in [-0.15, -0.1) is 0 Å². The monoisotopic (exact) mass is 414 g/mol. The Morgan fingerprint density at radius 1 is 1.28 bits per heavy atom. The van der Waals surface area contributed by atoms with Crippen molar-refractivity contribution in [3.05, 3.63) is 41.2 Å². The van der Waals surface area contributed by atoms with Crippen molar-refractivity contribution >= 4 is 23.3 Å². The predicted molar refractivity (Wildman–Crippen MR) is 114 cm³/mol. The van der Waals surface area contributed by atoms with E-state index in [2.05, 4.69) is 20.2 Å². The minimum Gasteiger partial charge on any atom is -0.388 e. The molecule has 1 aromatic heterocycles. The van der Waals surface area contributed by atoms with Crippen LogP contribution in [0, 0.1) is 11.8 Å². The van der Waals surface area contributed by atoms with Gasteiger partial charge >= 0.3 is 0 Å². The fourth-order valence-corrected chi connectivity index (χ4v) is 3.67. The Morgan fingerprint density at radius 3 is 2.59 bits per heavy atom. The number of carbonyl (C=O) groups is 1. The summed E-state index contributed by atoms with van der Waals surface area (Å²) in [5, 5.41) is 13.9. The van der Waals surface area contributed by atoms with E-state index in [4.69, 9.17) is 11.6 Å². The minimum atomic E-state index is -0.882. The predicted octanol–water partition coefficient (Wildman–Crippen LogP) is 3.53. The Balaban J connectivity index is 1.58. The molecule has 1 heterocycles. The smallest absolute Gasteiger partial charge is 0.271 e. The molecule has 2 aromatic rings. The van der Waals surface area contributed by atoms with Gasteiger partial charge in [-0.25, -0.2) is 9.97 Å². The molecule has 1 atom stereocenters. The maximum absolute atomic E-state index is 12.7. The molecule has 0 spiro atoms. The van der Waals surface area contributed by atoms with Crippen LogP contribution in [0.15, 0.2) is 30.5 Å². The molecule has 0 unspecified atom stereocenters. The number of amides is 1. The summed E-state index contributed by atoms with van der Waals surface area (Å²) < 4.78 is 0. The first-order valence-electron chi connectivity index (χ1n) is 10.2. The Bertz CT molecular complexity index is 892. The molecule has 0 radical (unpaired) electrons. The van der Waals surface area contributed by atoms with Crippen LogP contribution in [0.5, 0.6) is 0 Å². The lowest BCUT2D eigenvalue weighted by Gasteiger charge is -2.23. The average Bonchev–Trinajstić information content (AvgIpc) is 3.60. The van der Waals surface area contributed by atoms with E-state index in [9.17, 15) is 9.90 Å². The lowest BCUT2D eigenvalue weighted by atomic mass is 10.0.